The molecule has 0 atom stereocenters. The van der Waals surface area contributed by atoms with E-state index in [4.69, 9.17) is 9.32 Å². The lowest BCUT2D eigenvalue weighted by Crippen LogP contribution is -2.24. The molecule has 0 amide bonds. The van der Waals surface area contributed by atoms with Crippen LogP contribution < -0.4 is 14.9 Å². The van der Waals surface area contributed by atoms with Gasteiger partial charge in [-0.05, 0) is 43.4 Å². The van der Waals surface area contributed by atoms with Crippen molar-refractivity contribution in [2.75, 3.05) is 0 Å². The number of hydrogen-bond donors (Lipinski definition) is 1. The fourth-order valence-electron chi connectivity index (χ4n) is 3.16. The van der Waals surface area contributed by atoms with Gasteiger partial charge in [-0.2, -0.15) is 13.6 Å². The molecule has 6 nitrogen and oxygen atoms in total. The maximum absolute atomic E-state index is 12.6. The number of benzene rings is 1. The SMILES string of the molecule is Cn1c(=O)c2c(c3ccc(OS(N)(=O)=O)cc31)CCCCC2. The molecule has 0 bridgehead atoms. The molecule has 3 rings (SSSR count). The maximum Gasteiger partial charge on any atom is 0.380 e. The number of nitrogens with zero attached hydrogens (tertiary/aromatic N) is 1. The summed E-state index contributed by atoms with van der Waals surface area (Å²) in [6, 6.07) is 4.92. The Kier molecular flexibility index (Phi) is 3.70. The van der Waals surface area contributed by atoms with Crippen molar-refractivity contribution < 1.29 is 12.6 Å². The molecule has 2 N–H and O–H groups in total. The molecule has 2 aromatic rings. The van der Waals surface area contributed by atoms with Gasteiger partial charge in [-0.25, -0.2) is 0 Å². The minimum atomic E-state index is -4.08. The van der Waals surface area contributed by atoms with Crippen molar-refractivity contribution in [1.29, 1.82) is 0 Å². The third-order valence-corrected chi connectivity index (χ3v) is 4.57. The average Bonchev–Trinajstić information content (AvgIpc) is 2.69. The second-order valence-corrected chi connectivity index (χ2v) is 6.79. The van der Waals surface area contributed by atoms with E-state index in [2.05, 4.69) is 0 Å². The Balaban J connectivity index is 2.26. The van der Waals surface area contributed by atoms with Crippen LogP contribution in [-0.2, 0) is 30.2 Å². The summed E-state index contributed by atoms with van der Waals surface area (Å²) in [5.41, 5.74) is 2.61. The standard InChI is InChI=1S/C15H18N2O4S/c1-17-14-9-10(21-22(16,19)20)7-8-12(14)11-5-3-2-4-6-13(11)15(17)18/h7-9H,2-6H2,1H3,(H2,16,19,20). The molecule has 22 heavy (non-hydrogen) atoms. The van der Waals surface area contributed by atoms with E-state index in [9.17, 15) is 13.2 Å². The molecule has 0 radical (unpaired) electrons. The first-order valence-electron chi connectivity index (χ1n) is 7.23. The third-order valence-electron chi connectivity index (χ3n) is 4.15. The lowest BCUT2D eigenvalue weighted by atomic mass is 9.99. The summed E-state index contributed by atoms with van der Waals surface area (Å²) < 4.78 is 28.4. The number of aromatic nitrogens is 1. The van der Waals surface area contributed by atoms with Crippen molar-refractivity contribution in [2.45, 2.75) is 32.1 Å². The van der Waals surface area contributed by atoms with Gasteiger partial charge in [-0.1, -0.05) is 6.42 Å². The van der Waals surface area contributed by atoms with Crippen LogP contribution in [0.15, 0.2) is 23.0 Å². The summed E-state index contributed by atoms with van der Waals surface area (Å²) in [7, 11) is -2.39. The van der Waals surface area contributed by atoms with E-state index >= 15 is 0 Å². The van der Waals surface area contributed by atoms with Gasteiger partial charge in [0.25, 0.3) is 5.56 Å². The highest BCUT2D eigenvalue weighted by molar-refractivity contribution is 7.84. The Morgan fingerprint density at radius 3 is 2.50 bits per heavy atom. The highest BCUT2D eigenvalue weighted by Crippen LogP contribution is 2.28. The van der Waals surface area contributed by atoms with Crippen LogP contribution in [-0.4, -0.2) is 13.0 Å². The Morgan fingerprint density at radius 1 is 1.14 bits per heavy atom. The van der Waals surface area contributed by atoms with Gasteiger partial charge >= 0.3 is 10.3 Å². The van der Waals surface area contributed by atoms with Crippen LogP contribution in [0.4, 0.5) is 0 Å². The predicted octanol–water partition coefficient (Wildman–Crippen LogP) is 1.39. The largest absolute Gasteiger partial charge is 0.380 e. The predicted molar refractivity (Wildman–Crippen MR) is 84.2 cm³/mol. The van der Waals surface area contributed by atoms with Gasteiger partial charge in [0, 0.05) is 24.1 Å². The molecule has 1 aromatic heterocycles. The molecule has 7 heteroatoms. The number of nitrogens with two attached hydrogens (primary N) is 1. The Morgan fingerprint density at radius 2 is 1.82 bits per heavy atom. The lowest BCUT2D eigenvalue weighted by Gasteiger charge is -2.14. The molecule has 0 unspecified atom stereocenters. The molecule has 0 aliphatic heterocycles. The number of pyridine rings is 1. The second-order valence-electron chi connectivity index (χ2n) is 5.64. The molecule has 118 valence electrons. The molecule has 1 aromatic carbocycles. The van der Waals surface area contributed by atoms with E-state index in [0.29, 0.717) is 5.52 Å². The second kappa shape index (κ2) is 5.40. The van der Waals surface area contributed by atoms with E-state index in [1.807, 2.05) is 0 Å². The van der Waals surface area contributed by atoms with Crippen LogP contribution in [0.5, 0.6) is 5.75 Å². The zero-order valence-corrected chi connectivity index (χ0v) is 13.1. The molecule has 1 heterocycles. The van der Waals surface area contributed by atoms with Crippen LogP contribution in [0.2, 0.25) is 0 Å². The fraction of sp³-hybridized carbons (Fsp3) is 0.400. The number of hydrogen-bond acceptors (Lipinski definition) is 4. The van der Waals surface area contributed by atoms with Gasteiger partial charge in [0.2, 0.25) is 0 Å². The monoisotopic (exact) mass is 322 g/mol. The van der Waals surface area contributed by atoms with E-state index in [1.54, 1.807) is 29.8 Å². The van der Waals surface area contributed by atoms with Crippen molar-refractivity contribution in [2.24, 2.45) is 12.2 Å². The van der Waals surface area contributed by atoms with Crippen LogP contribution in [0, 0.1) is 0 Å². The maximum atomic E-state index is 12.6. The third kappa shape index (κ3) is 2.74. The highest BCUT2D eigenvalue weighted by atomic mass is 32.2. The van der Waals surface area contributed by atoms with Gasteiger partial charge in [-0.15, -0.1) is 0 Å². The van der Waals surface area contributed by atoms with Crippen LogP contribution >= 0.6 is 0 Å². The summed E-state index contributed by atoms with van der Waals surface area (Å²) in [5.74, 6) is 0.110. The Hall–Kier alpha value is -1.86. The first-order chi connectivity index (χ1) is 10.4. The quantitative estimate of drug-likeness (QED) is 0.846. The topological polar surface area (TPSA) is 91.4 Å². The minimum Gasteiger partial charge on any atom is -0.371 e. The van der Waals surface area contributed by atoms with Crippen LogP contribution in [0.1, 0.15) is 30.4 Å². The highest BCUT2D eigenvalue weighted by Gasteiger charge is 2.18. The van der Waals surface area contributed by atoms with Crippen LogP contribution in [0.3, 0.4) is 0 Å². The zero-order valence-electron chi connectivity index (χ0n) is 12.3. The number of fused-ring (bicyclic) bond motifs is 3. The van der Waals surface area contributed by atoms with E-state index in [0.717, 1.165) is 48.6 Å². The molecular formula is C15H18N2O4S. The summed E-state index contributed by atoms with van der Waals surface area (Å²) in [6.45, 7) is 0. The molecule has 0 spiro atoms. The fourth-order valence-corrected chi connectivity index (χ4v) is 3.53. The summed E-state index contributed by atoms with van der Waals surface area (Å²) in [5, 5.41) is 5.87. The van der Waals surface area contributed by atoms with Gasteiger partial charge in [-0.3, -0.25) is 4.79 Å². The van der Waals surface area contributed by atoms with Crippen molar-refractivity contribution in [3.05, 3.63) is 39.7 Å². The van der Waals surface area contributed by atoms with Crippen molar-refractivity contribution >= 4 is 21.2 Å². The normalized spacial score (nSPS) is 15.4. The van der Waals surface area contributed by atoms with Gasteiger partial charge < -0.3 is 8.75 Å². The summed E-state index contributed by atoms with van der Waals surface area (Å²) >= 11 is 0. The van der Waals surface area contributed by atoms with Crippen LogP contribution in [0.25, 0.3) is 10.9 Å². The summed E-state index contributed by atoms with van der Waals surface area (Å²) in [4.78, 5) is 12.6. The first-order valence-corrected chi connectivity index (χ1v) is 8.70. The smallest absolute Gasteiger partial charge is 0.371 e. The van der Waals surface area contributed by atoms with Crippen molar-refractivity contribution in [1.82, 2.24) is 4.57 Å². The number of rotatable bonds is 2. The lowest BCUT2D eigenvalue weighted by molar-refractivity contribution is 0.488. The molecular weight excluding hydrogens is 304 g/mol. The zero-order chi connectivity index (χ0) is 15.9. The van der Waals surface area contributed by atoms with E-state index in [1.165, 1.54) is 0 Å². The van der Waals surface area contributed by atoms with Gasteiger partial charge in [0.1, 0.15) is 5.75 Å². The molecule has 1 aliphatic rings. The number of aryl methyl sites for hydroxylation is 2. The van der Waals surface area contributed by atoms with E-state index < -0.39 is 10.3 Å². The van der Waals surface area contributed by atoms with Gasteiger partial charge in [0.15, 0.2) is 0 Å². The average molecular weight is 322 g/mol. The molecule has 0 saturated heterocycles. The summed E-state index contributed by atoms with van der Waals surface area (Å²) in [6.07, 6.45) is 4.88. The van der Waals surface area contributed by atoms with Crippen molar-refractivity contribution in [3.8, 4) is 5.75 Å². The van der Waals surface area contributed by atoms with E-state index in [-0.39, 0.29) is 11.3 Å². The Labute approximate surface area is 128 Å². The molecule has 0 saturated carbocycles. The molecule has 0 fully saturated rings. The van der Waals surface area contributed by atoms with Gasteiger partial charge in [0.05, 0.1) is 5.52 Å². The van der Waals surface area contributed by atoms with Crippen molar-refractivity contribution in [3.63, 3.8) is 0 Å². The molecule has 1 aliphatic carbocycles. The first kappa shape index (κ1) is 15.1. The Bertz CT molecular complexity index is 900. The minimum absolute atomic E-state index is 0.0165.